The summed E-state index contributed by atoms with van der Waals surface area (Å²) in [5, 5.41) is 3.43. The van der Waals surface area contributed by atoms with E-state index >= 15 is 0 Å². The van der Waals surface area contributed by atoms with E-state index in [-0.39, 0.29) is 0 Å². The van der Waals surface area contributed by atoms with Crippen LogP contribution in [0.3, 0.4) is 0 Å². The Morgan fingerprint density at radius 2 is 2.24 bits per heavy atom. The van der Waals surface area contributed by atoms with Crippen LogP contribution in [0.4, 0.5) is 0 Å². The van der Waals surface area contributed by atoms with Crippen LogP contribution >= 0.6 is 0 Å². The van der Waals surface area contributed by atoms with Gasteiger partial charge < -0.3 is 9.73 Å². The fourth-order valence-corrected chi connectivity index (χ4v) is 1.68. The van der Waals surface area contributed by atoms with Gasteiger partial charge in [0.1, 0.15) is 5.76 Å². The highest BCUT2D eigenvalue weighted by molar-refractivity contribution is 5.12. The van der Waals surface area contributed by atoms with E-state index in [1.165, 1.54) is 5.56 Å². The van der Waals surface area contributed by atoms with Crippen LogP contribution in [-0.2, 0) is 13.0 Å². The molecule has 90 valence electrons. The molecular weight excluding hydrogens is 212 g/mol. The maximum absolute atomic E-state index is 5.32. The second kappa shape index (κ2) is 5.64. The van der Waals surface area contributed by atoms with Crippen LogP contribution in [0, 0.1) is 6.92 Å². The highest BCUT2D eigenvalue weighted by Gasteiger charge is 2.05. The summed E-state index contributed by atoms with van der Waals surface area (Å²) in [4.78, 5) is 4.36. The Morgan fingerprint density at radius 1 is 1.35 bits per heavy atom. The largest absolute Gasteiger partial charge is 0.469 e. The molecule has 0 amide bonds. The van der Waals surface area contributed by atoms with Gasteiger partial charge in [-0.25, -0.2) is 0 Å². The summed E-state index contributed by atoms with van der Waals surface area (Å²) in [5.74, 6) is 1.02. The van der Waals surface area contributed by atoms with Crippen molar-refractivity contribution in [2.45, 2.75) is 32.9 Å². The van der Waals surface area contributed by atoms with Gasteiger partial charge in [-0.15, -0.1) is 0 Å². The van der Waals surface area contributed by atoms with Gasteiger partial charge in [0.15, 0.2) is 0 Å². The number of nitrogens with one attached hydrogen (secondary N) is 1. The zero-order valence-electron chi connectivity index (χ0n) is 10.3. The van der Waals surface area contributed by atoms with Crippen molar-refractivity contribution in [3.63, 3.8) is 0 Å². The zero-order valence-corrected chi connectivity index (χ0v) is 10.3. The SMILES string of the molecule is Cc1ccc(CNC(C)Cc2ccco2)nc1. The normalized spacial score (nSPS) is 12.6. The fourth-order valence-electron chi connectivity index (χ4n) is 1.68. The Kier molecular flexibility index (Phi) is 3.94. The molecule has 2 aromatic heterocycles. The highest BCUT2D eigenvalue weighted by atomic mass is 16.3. The van der Waals surface area contributed by atoms with Crippen LogP contribution in [0.25, 0.3) is 0 Å². The monoisotopic (exact) mass is 230 g/mol. The lowest BCUT2D eigenvalue weighted by molar-refractivity contribution is 0.455. The number of aromatic nitrogens is 1. The van der Waals surface area contributed by atoms with E-state index in [1.807, 2.05) is 25.3 Å². The molecule has 0 aliphatic heterocycles. The van der Waals surface area contributed by atoms with Gasteiger partial charge in [-0.3, -0.25) is 4.98 Å². The van der Waals surface area contributed by atoms with Crippen molar-refractivity contribution in [2.24, 2.45) is 0 Å². The van der Waals surface area contributed by atoms with E-state index in [1.54, 1.807) is 6.26 Å². The summed E-state index contributed by atoms with van der Waals surface area (Å²) in [5.41, 5.74) is 2.26. The average molecular weight is 230 g/mol. The molecule has 0 aliphatic carbocycles. The first-order chi connectivity index (χ1) is 8.24. The van der Waals surface area contributed by atoms with Crippen LogP contribution < -0.4 is 5.32 Å². The third-order valence-corrected chi connectivity index (χ3v) is 2.69. The Balaban J connectivity index is 1.79. The van der Waals surface area contributed by atoms with E-state index in [0.717, 1.165) is 24.4 Å². The molecule has 0 radical (unpaired) electrons. The van der Waals surface area contributed by atoms with Gasteiger partial charge >= 0.3 is 0 Å². The van der Waals surface area contributed by atoms with Crippen molar-refractivity contribution >= 4 is 0 Å². The molecule has 3 heteroatoms. The standard InChI is InChI=1S/C14H18N2O/c1-11-5-6-13(16-9-11)10-15-12(2)8-14-4-3-7-17-14/h3-7,9,12,15H,8,10H2,1-2H3. The zero-order chi connectivity index (χ0) is 12.1. The van der Waals surface area contributed by atoms with Crippen molar-refractivity contribution in [1.82, 2.24) is 10.3 Å². The van der Waals surface area contributed by atoms with Gasteiger partial charge in [0.25, 0.3) is 0 Å². The van der Waals surface area contributed by atoms with Gasteiger partial charge in [-0.2, -0.15) is 0 Å². The topological polar surface area (TPSA) is 38.1 Å². The van der Waals surface area contributed by atoms with Gasteiger partial charge in [0, 0.05) is 25.2 Å². The number of hydrogen-bond donors (Lipinski definition) is 1. The second-order valence-corrected chi connectivity index (χ2v) is 4.39. The first kappa shape index (κ1) is 11.9. The molecular formula is C14H18N2O. The van der Waals surface area contributed by atoms with E-state index in [2.05, 4.69) is 29.4 Å². The lowest BCUT2D eigenvalue weighted by Gasteiger charge is -2.11. The maximum Gasteiger partial charge on any atom is 0.105 e. The number of nitrogens with zero attached hydrogens (tertiary/aromatic N) is 1. The van der Waals surface area contributed by atoms with Crippen molar-refractivity contribution in [3.8, 4) is 0 Å². The average Bonchev–Trinajstić information content (AvgIpc) is 2.81. The van der Waals surface area contributed by atoms with E-state index < -0.39 is 0 Å². The highest BCUT2D eigenvalue weighted by Crippen LogP contribution is 2.05. The Bertz CT molecular complexity index is 434. The molecule has 0 spiro atoms. The molecule has 2 rings (SSSR count). The van der Waals surface area contributed by atoms with E-state index in [9.17, 15) is 0 Å². The summed E-state index contributed by atoms with van der Waals surface area (Å²) < 4.78 is 5.32. The van der Waals surface area contributed by atoms with Gasteiger partial charge in [0.2, 0.25) is 0 Å². The molecule has 1 atom stereocenters. The molecule has 0 aliphatic rings. The van der Waals surface area contributed by atoms with Gasteiger partial charge in [0.05, 0.1) is 12.0 Å². The minimum absolute atomic E-state index is 0.379. The third-order valence-electron chi connectivity index (χ3n) is 2.69. The Hall–Kier alpha value is -1.61. The second-order valence-electron chi connectivity index (χ2n) is 4.39. The summed E-state index contributed by atoms with van der Waals surface area (Å²) in [6, 6.07) is 8.44. The van der Waals surface area contributed by atoms with Crippen LogP contribution in [-0.4, -0.2) is 11.0 Å². The first-order valence-electron chi connectivity index (χ1n) is 5.91. The minimum atomic E-state index is 0.379. The molecule has 2 aromatic rings. The summed E-state index contributed by atoms with van der Waals surface area (Å²) in [6.07, 6.45) is 4.51. The summed E-state index contributed by atoms with van der Waals surface area (Å²) in [6.45, 7) is 4.99. The smallest absolute Gasteiger partial charge is 0.105 e. The van der Waals surface area contributed by atoms with Gasteiger partial charge in [-0.05, 0) is 37.6 Å². The molecule has 0 saturated heterocycles. The predicted octanol–water partition coefficient (Wildman–Crippen LogP) is 2.70. The van der Waals surface area contributed by atoms with Crippen LogP contribution in [0.5, 0.6) is 0 Å². The molecule has 2 heterocycles. The number of rotatable bonds is 5. The first-order valence-corrected chi connectivity index (χ1v) is 5.91. The number of hydrogen-bond acceptors (Lipinski definition) is 3. The quantitative estimate of drug-likeness (QED) is 0.858. The maximum atomic E-state index is 5.32. The molecule has 17 heavy (non-hydrogen) atoms. The van der Waals surface area contributed by atoms with Gasteiger partial charge in [-0.1, -0.05) is 6.07 Å². The van der Waals surface area contributed by atoms with Crippen molar-refractivity contribution in [2.75, 3.05) is 0 Å². The third kappa shape index (κ3) is 3.71. The summed E-state index contributed by atoms with van der Waals surface area (Å²) >= 11 is 0. The van der Waals surface area contributed by atoms with Crippen molar-refractivity contribution in [3.05, 3.63) is 53.7 Å². The minimum Gasteiger partial charge on any atom is -0.469 e. The molecule has 0 aromatic carbocycles. The lowest BCUT2D eigenvalue weighted by Crippen LogP contribution is -2.27. The lowest BCUT2D eigenvalue weighted by atomic mass is 10.2. The van der Waals surface area contributed by atoms with E-state index in [4.69, 9.17) is 4.42 Å². The number of aryl methyl sites for hydroxylation is 1. The molecule has 1 N–H and O–H groups in total. The molecule has 0 fully saturated rings. The molecule has 3 nitrogen and oxygen atoms in total. The fraction of sp³-hybridized carbons (Fsp3) is 0.357. The number of furan rings is 1. The van der Waals surface area contributed by atoms with Crippen molar-refractivity contribution < 1.29 is 4.42 Å². The van der Waals surface area contributed by atoms with E-state index in [0.29, 0.717) is 6.04 Å². The molecule has 0 saturated carbocycles. The van der Waals surface area contributed by atoms with Crippen LogP contribution in [0.2, 0.25) is 0 Å². The van der Waals surface area contributed by atoms with Crippen LogP contribution in [0.1, 0.15) is 23.9 Å². The molecule has 0 bridgehead atoms. The predicted molar refractivity (Wildman–Crippen MR) is 67.7 cm³/mol. The van der Waals surface area contributed by atoms with Crippen LogP contribution in [0.15, 0.2) is 41.1 Å². The summed E-state index contributed by atoms with van der Waals surface area (Å²) in [7, 11) is 0. The Morgan fingerprint density at radius 3 is 2.88 bits per heavy atom. The Labute approximate surface area is 102 Å². The molecule has 1 unspecified atom stereocenters. The number of pyridine rings is 1. The van der Waals surface area contributed by atoms with Crippen molar-refractivity contribution in [1.29, 1.82) is 0 Å².